The lowest BCUT2D eigenvalue weighted by Crippen LogP contribution is -2.10. The molecule has 4 heteroatoms. The van der Waals surface area contributed by atoms with Gasteiger partial charge in [0.2, 0.25) is 0 Å². The molecule has 1 aromatic heterocycles. The molecular formula is C23H31N3O. The van der Waals surface area contributed by atoms with Crippen LogP contribution in [0.25, 0.3) is 10.9 Å². The van der Waals surface area contributed by atoms with E-state index in [9.17, 15) is 4.79 Å². The lowest BCUT2D eigenvalue weighted by Gasteiger charge is -2.15. The van der Waals surface area contributed by atoms with Gasteiger partial charge < -0.3 is 10.7 Å². The van der Waals surface area contributed by atoms with Gasteiger partial charge in [-0.05, 0) is 112 Å². The number of nitrogens with one attached hydrogen (secondary N) is 1. The van der Waals surface area contributed by atoms with Crippen LogP contribution in [0.15, 0.2) is 11.1 Å². The van der Waals surface area contributed by atoms with E-state index in [0.717, 1.165) is 27.7 Å². The molecule has 0 aliphatic carbocycles. The fourth-order valence-electron chi connectivity index (χ4n) is 3.49. The van der Waals surface area contributed by atoms with Gasteiger partial charge in [0.25, 0.3) is 5.56 Å². The topological polar surface area (TPSA) is 71.8 Å². The molecule has 27 heavy (non-hydrogen) atoms. The molecule has 0 aliphatic rings. The van der Waals surface area contributed by atoms with Gasteiger partial charge in [0.15, 0.2) is 0 Å². The highest BCUT2D eigenvalue weighted by atomic mass is 16.1. The number of aromatic amines is 1. The molecule has 1 heterocycles. The molecule has 0 unspecified atom stereocenters. The fourth-order valence-corrected chi connectivity index (χ4v) is 3.49. The number of nitrogen functional groups attached to an aromatic ring is 1. The number of aromatic nitrogens is 2. The van der Waals surface area contributed by atoms with Crippen molar-refractivity contribution in [3.05, 3.63) is 66.8 Å². The Labute approximate surface area is 161 Å². The van der Waals surface area contributed by atoms with Gasteiger partial charge in [-0.15, -0.1) is 0 Å². The Hall–Kier alpha value is -2.62. The summed E-state index contributed by atoms with van der Waals surface area (Å²) in [6.45, 7) is 18.7. The summed E-state index contributed by atoms with van der Waals surface area (Å²) in [6.07, 6.45) is 1.46. The Balaban J connectivity index is 0.000000199. The number of nitrogens with zero attached hydrogens (tertiary/aromatic N) is 1. The van der Waals surface area contributed by atoms with Crippen LogP contribution in [-0.2, 0) is 0 Å². The zero-order valence-corrected chi connectivity index (χ0v) is 18.0. The van der Waals surface area contributed by atoms with Gasteiger partial charge >= 0.3 is 0 Å². The summed E-state index contributed by atoms with van der Waals surface area (Å²) >= 11 is 0. The molecule has 2 aromatic carbocycles. The monoisotopic (exact) mass is 365 g/mol. The highest BCUT2D eigenvalue weighted by Gasteiger charge is 2.12. The van der Waals surface area contributed by atoms with Crippen molar-refractivity contribution in [2.45, 2.75) is 62.3 Å². The number of rotatable bonds is 0. The zero-order chi connectivity index (χ0) is 20.6. The summed E-state index contributed by atoms with van der Waals surface area (Å²) in [4.78, 5) is 18.6. The molecule has 0 fully saturated rings. The number of anilines is 1. The molecule has 0 bridgehead atoms. The summed E-state index contributed by atoms with van der Waals surface area (Å²) in [5.41, 5.74) is 18.7. The SMILES string of the molecule is Cc1c(C)c(C)c(N)c(C)c1C.Cc1c(C)c(C)c2c(=O)[nH]cnc2c1C. The standard InChI is InChI=1S/C12H14N2O.C11H17N/c1-6-7(2)9(4)11-10(8(6)3)12(15)14-5-13-11;1-6-7(2)9(4)11(12)10(5)8(6)3/h5H,1-4H3,(H,13,14,15);12H2,1-5H3. The molecule has 144 valence electrons. The lowest BCUT2D eigenvalue weighted by molar-refractivity contribution is 1.14. The molecule has 3 rings (SSSR count). The van der Waals surface area contributed by atoms with Gasteiger partial charge in [-0.1, -0.05) is 0 Å². The van der Waals surface area contributed by atoms with E-state index in [1.165, 1.54) is 45.3 Å². The summed E-state index contributed by atoms with van der Waals surface area (Å²) < 4.78 is 0. The predicted octanol–water partition coefficient (Wildman–Crippen LogP) is 4.97. The van der Waals surface area contributed by atoms with E-state index in [1.807, 2.05) is 20.8 Å². The lowest BCUT2D eigenvalue weighted by atomic mass is 9.93. The maximum atomic E-state index is 11.7. The summed E-state index contributed by atoms with van der Waals surface area (Å²) in [5.74, 6) is 0. The fraction of sp³-hybridized carbons (Fsp3) is 0.391. The highest BCUT2D eigenvalue weighted by molar-refractivity contribution is 5.86. The maximum absolute atomic E-state index is 11.7. The average Bonchev–Trinajstić information content (AvgIpc) is 2.66. The number of benzene rings is 2. The van der Waals surface area contributed by atoms with Crippen LogP contribution < -0.4 is 11.3 Å². The van der Waals surface area contributed by atoms with E-state index in [4.69, 9.17) is 5.73 Å². The molecule has 0 spiro atoms. The molecule has 0 saturated heterocycles. The van der Waals surface area contributed by atoms with Crippen molar-refractivity contribution in [3.8, 4) is 0 Å². The van der Waals surface area contributed by atoms with E-state index in [0.29, 0.717) is 0 Å². The third-order valence-electron chi connectivity index (χ3n) is 6.33. The largest absolute Gasteiger partial charge is 0.398 e. The van der Waals surface area contributed by atoms with Crippen molar-refractivity contribution < 1.29 is 0 Å². The Morgan fingerprint density at radius 3 is 1.59 bits per heavy atom. The van der Waals surface area contributed by atoms with Gasteiger partial charge in [0.05, 0.1) is 17.2 Å². The van der Waals surface area contributed by atoms with Crippen LogP contribution >= 0.6 is 0 Å². The number of nitrogens with two attached hydrogens (primary N) is 1. The molecule has 0 atom stereocenters. The molecule has 0 amide bonds. The Morgan fingerprint density at radius 2 is 1.07 bits per heavy atom. The first-order chi connectivity index (χ1) is 12.5. The molecule has 4 nitrogen and oxygen atoms in total. The number of hydrogen-bond acceptors (Lipinski definition) is 3. The van der Waals surface area contributed by atoms with Crippen LogP contribution in [0.3, 0.4) is 0 Å². The first-order valence-corrected chi connectivity index (χ1v) is 9.26. The second-order valence-electron chi connectivity index (χ2n) is 7.49. The number of H-pyrrole nitrogens is 1. The summed E-state index contributed by atoms with van der Waals surface area (Å²) in [6, 6.07) is 0. The minimum Gasteiger partial charge on any atom is -0.398 e. The van der Waals surface area contributed by atoms with E-state index in [2.05, 4.69) is 51.5 Å². The van der Waals surface area contributed by atoms with Crippen LogP contribution in [0.2, 0.25) is 0 Å². The van der Waals surface area contributed by atoms with Crippen LogP contribution in [0.5, 0.6) is 0 Å². The number of aryl methyl sites for hydroxylation is 2. The first kappa shape index (κ1) is 20.7. The van der Waals surface area contributed by atoms with Gasteiger partial charge in [0.1, 0.15) is 0 Å². The van der Waals surface area contributed by atoms with E-state index >= 15 is 0 Å². The van der Waals surface area contributed by atoms with Gasteiger partial charge in [-0.2, -0.15) is 0 Å². The number of hydrogen-bond donors (Lipinski definition) is 2. The third-order valence-corrected chi connectivity index (χ3v) is 6.33. The predicted molar refractivity (Wildman–Crippen MR) is 116 cm³/mol. The number of fused-ring (bicyclic) bond motifs is 1. The van der Waals surface area contributed by atoms with Crippen LogP contribution in [0, 0.1) is 62.3 Å². The van der Waals surface area contributed by atoms with Crippen molar-refractivity contribution in [3.63, 3.8) is 0 Å². The molecule has 3 N–H and O–H groups in total. The summed E-state index contributed by atoms with van der Waals surface area (Å²) in [7, 11) is 0. The van der Waals surface area contributed by atoms with E-state index < -0.39 is 0 Å². The van der Waals surface area contributed by atoms with Gasteiger partial charge in [-0.25, -0.2) is 4.98 Å². The Morgan fingerprint density at radius 1 is 0.667 bits per heavy atom. The van der Waals surface area contributed by atoms with Gasteiger partial charge in [0, 0.05) is 5.69 Å². The van der Waals surface area contributed by atoms with Crippen molar-refractivity contribution >= 4 is 16.6 Å². The van der Waals surface area contributed by atoms with E-state index in [1.54, 1.807) is 0 Å². The Kier molecular flexibility index (Phi) is 5.79. The normalized spacial score (nSPS) is 10.7. The van der Waals surface area contributed by atoms with Crippen molar-refractivity contribution in [2.24, 2.45) is 0 Å². The van der Waals surface area contributed by atoms with Crippen LogP contribution in [0.4, 0.5) is 5.69 Å². The zero-order valence-electron chi connectivity index (χ0n) is 18.0. The molecular weight excluding hydrogens is 334 g/mol. The minimum atomic E-state index is -0.0521. The van der Waals surface area contributed by atoms with E-state index in [-0.39, 0.29) is 5.56 Å². The quantitative estimate of drug-likeness (QED) is 0.553. The smallest absolute Gasteiger partial charge is 0.258 e. The van der Waals surface area contributed by atoms with Crippen molar-refractivity contribution in [2.75, 3.05) is 5.73 Å². The maximum Gasteiger partial charge on any atom is 0.258 e. The molecule has 3 aromatic rings. The van der Waals surface area contributed by atoms with Crippen molar-refractivity contribution in [1.29, 1.82) is 0 Å². The van der Waals surface area contributed by atoms with Crippen LogP contribution in [0.1, 0.15) is 50.1 Å². The first-order valence-electron chi connectivity index (χ1n) is 9.26. The molecule has 0 saturated carbocycles. The average molecular weight is 366 g/mol. The molecule has 0 radical (unpaired) electrons. The van der Waals surface area contributed by atoms with Crippen LogP contribution in [-0.4, -0.2) is 9.97 Å². The highest BCUT2D eigenvalue weighted by Crippen LogP contribution is 2.27. The third kappa shape index (κ3) is 3.48. The summed E-state index contributed by atoms with van der Waals surface area (Å²) in [5, 5.41) is 0.720. The Bertz CT molecular complexity index is 986. The van der Waals surface area contributed by atoms with Gasteiger partial charge in [-0.3, -0.25) is 4.79 Å². The minimum absolute atomic E-state index is 0.0521. The second-order valence-corrected chi connectivity index (χ2v) is 7.49. The molecule has 0 aliphatic heterocycles. The second kappa shape index (κ2) is 7.55. The van der Waals surface area contributed by atoms with Crippen molar-refractivity contribution in [1.82, 2.24) is 9.97 Å².